The van der Waals surface area contributed by atoms with Crippen LogP contribution in [0.3, 0.4) is 0 Å². The van der Waals surface area contributed by atoms with Crippen LogP contribution in [0.1, 0.15) is 5.56 Å². The molecule has 0 spiro atoms. The van der Waals surface area contributed by atoms with Crippen molar-refractivity contribution in [3.05, 3.63) is 54.4 Å². The Hall–Kier alpha value is -2.56. The Morgan fingerprint density at radius 3 is 2.76 bits per heavy atom. The van der Waals surface area contributed by atoms with Gasteiger partial charge in [0.2, 0.25) is 0 Å². The summed E-state index contributed by atoms with van der Waals surface area (Å²) in [4.78, 5) is 17.7. The maximum absolute atomic E-state index is 12.1. The van der Waals surface area contributed by atoms with Crippen LogP contribution in [0.15, 0.2) is 48.8 Å². The van der Waals surface area contributed by atoms with E-state index in [-0.39, 0.29) is 6.03 Å². The zero-order valence-corrected chi connectivity index (χ0v) is 12.2. The lowest BCUT2D eigenvalue weighted by atomic mass is 10.2. The van der Waals surface area contributed by atoms with Crippen LogP contribution in [-0.2, 0) is 6.42 Å². The number of nitrogens with zero attached hydrogens (tertiary/aromatic N) is 2. The average molecular weight is 285 g/mol. The van der Waals surface area contributed by atoms with E-state index in [0.717, 1.165) is 17.7 Å². The van der Waals surface area contributed by atoms with Gasteiger partial charge < -0.3 is 15.0 Å². The number of rotatable bonds is 5. The Morgan fingerprint density at radius 1 is 1.29 bits per heavy atom. The molecule has 0 unspecified atom stereocenters. The zero-order chi connectivity index (χ0) is 15.1. The van der Waals surface area contributed by atoms with Gasteiger partial charge in [-0.2, -0.15) is 0 Å². The van der Waals surface area contributed by atoms with Crippen molar-refractivity contribution in [1.29, 1.82) is 0 Å². The predicted octanol–water partition coefficient (Wildman–Crippen LogP) is 2.80. The van der Waals surface area contributed by atoms with Gasteiger partial charge in [-0.3, -0.25) is 4.98 Å². The second-order valence-electron chi connectivity index (χ2n) is 4.69. The summed E-state index contributed by atoms with van der Waals surface area (Å²) in [5, 5.41) is 2.85. The molecule has 21 heavy (non-hydrogen) atoms. The first kappa shape index (κ1) is 14.8. The van der Waals surface area contributed by atoms with Gasteiger partial charge in [0, 0.05) is 37.7 Å². The highest BCUT2D eigenvalue weighted by atomic mass is 16.5. The van der Waals surface area contributed by atoms with E-state index < -0.39 is 0 Å². The lowest BCUT2D eigenvalue weighted by molar-refractivity contribution is 0.223. The number of likely N-dealkylation sites (N-methyl/N-ethyl adjacent to an activating group) is 1. The number of ether oxygens (including phenoxy) is 1. The molecule has 1 aromatic heterocycles. The molecule has 5 nitrogen and oxygen atoms in total. The molecule has 0 radical (unpaired) electrons. The third kappa shape index (κ3) is 4.49. The van der Waals surface area contributed by atoms with Crippen molar-refractivity contribution in [2.75, 3.05) is 26.0 Å². The highest BCUT2D eigenvalue weighted by Crippen LogP contribution is 2.16. The fourth-order valence-electron chi connectivity index (χ4n) is 1.87. The standard InChI is InChI=1S/C16H19N3O2/c1-19(11-8-13-6-9-17-10-7-13)16(20)18-14-4-3-5-15(12-14)21-2/h3-7,9-10,12H,8,11H2,1-2H3,(H,18,20). The number of carbonyl (C=O) groups excluding carboxylic acids is 1. The van der Waals surface area contributed by atoms with Crippen LogP contribution < -0.4 is 10.1 Å². The third-order valence-corrected chi connectivity index (χ3v) is 3.15. The maximum Gasteiger partial charge on any atom is 0.321 e. The quantitative estimate of drug-likeness (QED) is 0.919. The largest absolute Gasteiger partial charge is 0.497 e. The van der Waals surface area contributed by atoms with E-state index in [1.165, 1.54) is 0 Å². The van der Waals surface area contributed by atoms with Gasteiger partial charge in [-0.1, -0.05) is 6.07 Å². The van der Waals surface area contributed by atoms with Crippen LogP contribution in [0, 0.1) is 0 Å². The lowest BCUT2D eigenvalue weighted by Gasteiger charge is -2.18. The minimum absolute atomic E-state index is 0.141. The van der Waals surface area contributed by atoms with Crippen molar-refractivity contribution < 1.29 is 9.53 Å². The molecule has 1 heterocycles. The molecule has 110 valence electrons. The van der Waals surface area contributed by atoms with Gasteiger partial charge in [0.05, 0.1) is 7.11 Å². The summed E-state index contributed by atoms with van der Waals surface area (Å²) >= 11 is 0. The van der Waals surface area contributed by atoms with Gasteiger partial charge >= 0.3 is 6.03 Å². The molecule has 2 amide bonds. The Labute approximate surface area is 124 Å². The number of anilines is 1. The lowest BCUT2D eigenvalue weighted by Crippen LogP contribution is -2.32. The number of methoxy groups -OCH3 is 1. The summed E-state index contributed by atoms with van der Waals surface area (Å²) in [7, 11) is 3.37. The minimum atomic E-state index is -0.141. The summed E-state index contributed by atoms with van der Waals surface area (Å²) < 4.78 is 5.13. The molecule has 0 aliphatic rings. The summed E-state index contributed by atoms with van der Waals surface area (Å²) in [5.41, 5.74) is 1.88. The van der Waals surface area contributed by atoms with E-state index in [9.17, 15) is 4.79 Å². The molecule has 2 aromatic rings. The number of amides is 2. The average Bonchev–Trinajstić information content (AvgIpc) is 2.53. The molecule has 1 aromatic carbocycles. The van der Waals surface area contributed by atoms with E-state index in [4.69, 9.17) is 4.74 Å². The van der Waals surface area contributed by atoms with Gasteiger partial charge in [-0.05, 0) is 36.2 Å². The number of nitrogens with one attached hydrogen (secondary N) is 1. The SMILES string of the molecule is COc1cccc(NC(=O)N(C)CCc2ccncc2)c1. The molecule has 2 rings (SSSR count). The Kier molecular flexibility index (Phi) is 5.15. The van der Waals surface area contributed by atoms with Crippen LogP contribution in [0.25, 0.3) is 0 Å². The normalized spacial score (nSPS) is 10.0. The van der Waals surface area contributed by atoms with Crippen LogP contribution >= 0.6 is 0 Å². The van der Waals surface area contributed by atoms with E-state index in [2.05, 4.69) is 10.3 Å². The number of aromatic nitrogens is 1. The van der Waals surface area contributed by atoms with Crippen molar-refractivity contribution in [2.45, 2.75) is 6.42 Å². The molecular formula is C16H19N3O2. The van der Waals surface area contributed by atoms with Crippen LogP contribution in [-0.4, -0.2) is 36.6 Å². The summed E-state index contributed by atoms with van der Waals surface area (Å²) in [5.74, 6) is 0.715. The van der Waals surface area contributed by atoms with Gasteiger partial charge in [0.1, 0.15) is 5.75 Å². The molecule has 0 bridgehead atoms. The number of hydrogen-bond acceptors (Lipinski definition) is 3. The molecule has 1 N–H and O–H groups in total. The molecule has 0 saturated carbocycles. The summed E-state index contributed by atoms with van der Waals surface area (Å²) in [6.07, 6.45) is 4.31. The topological polar surface area (TPSA) is 54.5 Å². The van der Waals surface area contributed by atoms with E-state index in [1.54, 1.807) is 37.5 Å². The van der Waals surface area contributed by atoms with Crippen molar-refractivity contribution in [3.63, 3.8) is 0 Å². The number of urea groups is 1. The van der Waals surface area contributed by atoms with Crippen LogP contribution in [0.4, 0.5) is 10.5 Å². The second kappa shape index (κ2) is 7.28. The van der Waals surface area contributed by atoms with Gasteiger partial charge in [-0.25, -0.2) is 4.79 Å². The number of pyridine rings is 1. The minimum Gasteiger partial charge on any atom is -0.497 e. The molecule has 0 saturated heterocycles. The Balaban J connectivity index is 1.87. The monoisotopic (exact) mass is 285 g/mol. The van der Waals surface area contributed by atoms with E-state index in [1.807, 2.05) is 30.3 Å². The summed E-state index contributed by atoms with van der Waals surface area (Å²) in [6.45, 7) is 0.639. The van der Waals surface area contributed by atoms with Gasteiger partial charge in [0.25, 0.3) is 0 Å². The fourth-order valence-corrected chi connectivity index (χ4v) is 1.87. The number of hydrogen-bond donors (Lipinski definition) is 1. The number of carbonyl (C=O) groups is 1. The second-order valence-corrected chi connectivity index (χ2v) is 4.69. The van der Waals surface area contributed by atoms with Crippen molar-refractivity contribution in [3.8, 4) is 5.75 Å². The predicted molar refractivity (Wildman–Crippen MR) is 82.6 cm³/mol. The van der Waals surface area contributed by atoms with Crippen LogP contribution in [0.5, 0.6) is 5.75 Å². The van der Waals surface area contributed by atoms with E-state index >= 15 is 0 Å². The highest BCUT2D eigenvalue weighted by Gasteiger charge is 2.09. The molecule has 0 aliphatic heterocycles. The Bertz CT molecular complexity index is 587. The smallest absolute Gasteiger partial charge is 0.321 e. The van der Waals surface area contributed by atoms with Crippen molar-refractivity contribution in [1.82, 2.24) is 9.88 Å². The first-order valence-corrected chi connectivity index (χ1v) is 6.74. The third-order valence-electron chi connectivity index (χ3n) is 3.15. The molecular weight excluding hydrogens is 266 g/mol. The van der Waals surface area contributed by atoms with Crippen LogP contribution in [0.2, 0.25) is 0 Å². The maximum atomic E-state index is 12.1. The van der Waals surface area contributed by atoms with Gasteiger partial charge in [-0.15, -0.1) is 0 Å². The van der Waals surface area contributed by atoms with E-state index in [0.29, 0.717) is 12.3 Å². The first-order valence-electron chi connectivity index (χ1n) is 6.74. The zero-order valence-electron chi connectivity index (χ0n) is 12.2. The Morgan fingerprint density at radius 2 is 2.05 bits per heavy atom. The molecule has 0 atom stereocenters. The molecule has 0 fully saturated rings. The highest BCUT2D eigenvalue weighted by molar-refractivity contribution is 5.89. The number of benzene rings is 1. The first-order chi connectivity index (χ1) is 10.2. The van der Waals surface area contributed by atoms with Crippen molar-refractivity contribution >= 4 is 11.7 Å². The fraction of sp³-hybridized carbons (Fsp3) is 0.250. The summed E-state index contributed by atoms with van der Waals surface area (Å²) in [6, 6.07) is 11.1. The van der Waals surface area contributed by atoms with Crippen molar-refractivity contribution in [2.24, 2.45) is 0 Å². The van der Waals surface area contributed by atoms with Gasteiger partial charge in [0.15, 0.2) is 0 Å². The molecule has 0 aliphatic carbocycles. The molecule has 5 heteroatoms.